The van der Waals surface area contributed by atoms with E-state index in [-0.39, 0.29) is 5.56 Å². The average molecular weight is 342 g/mol. The maximum Gasteiger partial charge on any atom is 0.283 e. The number of aryl methyl sites for hydroxylation is 1. The number of nitrogens with zero attached hydrogens (tertiary/aromatic N) is 4. The molecule has 0 aliphatic heterocycles. The van der Waals surface area contributed by atoms with Crippen molar-refractivity contribution < 1.29 is 4.52 Å². The Morgan fingerprint density at radius 3 is 2.85 bits per heavy atom. The predicted octanol–water partition coefficient (Wildman–Crippen LogP) is 1.97. The molecule has 2 rings (SSSR count). The number of halogens is 1. The summed E-state index contributed by atoms with van der Waals surface area (Å²) in [5.74, 6) is 1.39. The van der Waals surface area contributed by atoms with E-state index in [0.29, 0.717) is 40.9 Å². The van der Waals surface area contributed by atoms with Gasteiger partial charge in [0, 0.05) is 6.54 Å². The topological polar surface area (TPSA) is 85.8 Å². The first kappa shape index (κ1) is 14.7. The summed E-state index contributed by atoms with van der Waals surface area (Å²) in [6.07, 6.45) is 1.61. The van der Waals surface area contributed by atoms with E-state index >= 15 is 0 Å². The Bertz CT molecular complexity index is 650. The summed E-state index contributed by atoms with van der Waals surface area (Å²) in [4.78, 5) is 16.2. The van der Waals surface area contributed by atoms with E-state index in [2.05, 4.69) is 36.5 Å². The number of nitrogens with one attached hydrogen (secondary N) is 1. The second-order valence-electron chi connectivity index (χ2n) is 4.84. The van der Waals surface area contributed by atoms with E-state index < -0.39 is 0 Å². The molecule has 0 amide bonds. The first-order valence-electron chi connectivity index (χ1n) is 6.26. The maximum atomic E-state index is 12.1. The van der Waals surface area contributed by atoms with Crippen molar-refractivity contribution in [3.8, 4) is 0 Å². The lowest BCUT2D eigenvalue weighted by atomic mass is 10.2. The number of aromatic nitrogens is 4. The first-order valence-corrected chi connectivity index (χ1v) is 7.05. The Labute approximate surface area is 124 Å². The second kappa shape index (κ2) is 6.17. The van der Waals surface area contributed by atoms with E-state index in [9.17, 15) is 4.79 Å². The van der Waals surface area contributed by atoms with Gasteiger partial charge in [-0.15, -0.1) is 0 Å². The maximum absolute atomic E-state index is 12.1. The summed E-state index contributed by atoms with van der Waals surface area (Å²) < 4.78 is 6.88. The summed E-state index contributed by atoms with van der Waals surface area (Å²) >= 11 is 3.30. The second-order valence-corrected chi connectivity index (χ2v) is 5.64. The van der Waals surface area contributed by atoms with Crippen LogP contribution in [-0.2, 0) is 13.1 Å². The van der Waals surface area contributed by atoms with Crippen LogP contribution < -0.4 is 10.9 Å². The van der Waals surface area contributed by atoms with Gasteiger partial charge in [-0.05, 0) is 28.8 Å². The largest absolute Gasteiger partial charge is 0.374 e. The summed E-state index contributed by atoms with van der Waals surface area (Å²) in [5.41, 5.74) is 0.441. The molecule has 0 spiro atoms. The molecule has 0 unspecified atom stereocenters. The van der Waals surface area contributed by atoms with Gasteiger partial charge in [0.15, 0.2) is 5.82 Å². The number of hydrogen-bond acceptors (Lipinski definition) is 6. The van der Waals surface area contributed by atoms with Gasteiger partial charge in [-0.3, -0.25) is 4.79 Å². The van der Waals surface area contributed by atoms with Crippen molar-refractivity contribution >= 4 is 21.6 Å². The quantitative estimate of drug-likeness (QED) is 0.894. The zero-order valence-electron chi connectivity index (χ0n) is 11.6. The molecule has 2 aromatic heterocycles. The van der Waals surface area contributed by atoms with E-state index in [1.807, 2.05) is 13.8 Å². The third-order valence-electron chi connectivity index (χ3n) is 2.52. The summed E-state index contributed by atoms with van der Waals surface area (Å²) in [5, 5.41) is 10.9. The van der Waals surface area contributed by atoms with E-state index in [4.69, 9.17) is 4.52 Å². The highest BCUT2D eigenvalue weighted by Crippen LogP contribution is 2.17. The van der Waals surface area contributed by atoms with Crippen LogP contribution >= 0.6 is 15.9 Å². The molecule has 2 aromatic rings. The predicted molar refractivity (Wildman–Crippen MR) is 77.4 cm³/mol. The van der Waals surface area contributed by atoms with Crippen LogP contribution in [0.5, 0.6) is 0 Å². The monoisotopic (exact) mass is 341 g/mol. The van der Waals surface area contributed by atoms with Gasteiger partial charge in [0.25, 0.3) is 5.56 Å². The Morgan fingerprint density at radius 2 is 2.25 bits per heavy atom. The molecule has 0 aliphatic carbocycles. The van der Waals surface area contributed by atoms with Crippen molar-refractivity contribution in [3.63, 3.8) is 0 Å². The van der Waals surface area contributed by atoms with E-state index in [0.717, 1.165) is 0 Å². The molecule has 0 bridgehead atoms. The highest BCUT2D eigenvalue weighted by atomic mass is 79.9. The van der Waals surface area contributed by atoms with Gasteiger partial charge >= 0.3 is 0 Å². The zero-order valence-corrected chi connectivity index (χ0v) is 13.1. The van der Waals surface area contributed by atoms with Crippen molar-refractivity contribution in [2.24, 2.45) is 5.92 Å². The van der Waals surface area contributed by atoms with Crippen LogP contribution in [0.3, 0.4) is 0 Å². The van der Waals surface area contributed by atoms with Gasteiger partial charge in [-0.1, -0.05) is 19.0 Å². The fraction of sp³-hybridized carbons (Fsp3) is 0.500. The molecule has 2 heterocycles. The molecule has 0 saturated heterocycles. The molecule has 7 nitrogen and oxygen atoms in total. The fourth-order valence-electron chi connectivity index (χ4n) is 1.65. The normalized spacial score (nSPS) is 11.1. The van der Waals surface area contributed by atoms with Gasteiger partial charge in [0.2, 0.25) is 5.89 Å². The standard InChI is InChI=1S/C12H16BrN5O2/c1-7(2)6-18-12(19)11(13)9(4-15-18)14-5-10-16-8(3)17-20-10/h4,7,14H,5-6H2,1-3H3. The van der Waals surface area contributed by atoms with Crippen molar-refractivity contribution in [3.05, 3.63) is 32.7 Å². The minimum absolute atomic E-state index is 0.162. The van der Waals surface area contributed by atoms with Gasteiger partial charge in [0.05, 0.1) is 18.4 Å². The summed E-state index contributed by atoms with van der Waals surface area (Å²) in [6, 6.07) is 0. The Balaban J connectivity index is 2.13. The molecule has 0 aliphatic rings. The molecule has 0 saturated carbocycles. The van der Waals surface area contributed by atoms with Crippen LogP contribution in [0.25, 0.3) is 0 Å². The SMILES string of the molecule is Cc1noc(CNc2cnn(CC(C)C)c(=O)c2Br)n1. The molecule has 1 N–H and O–H groups in total. The molecular formula is C12H16BrN5O2. The van der Waals surface area contributed by atoms with Crippen LogP contribution in [0.15, 0.2) is 20.0 Å². The lowest BCUT2D eigenvalue weighted by Crippen LogP contribution is -2.26. The van der Waals surface area contributed by atoms with Gasteiger partial charge < -0.3 is 9.84 Å². The van der Waals surface area contributed by atoms with Gasteiger partial charge in [-0.25, -0.2) is 4.68 Å². The van der Waals surface area contributed by atoms with Crippen LogP contribution in [-0.4, -0.2) is 19.9 Å². The van der Waals surface area contributed by atoms with E-state index in [1.54, 1.807) is 13.1 Å². The molecular weight excluding hydrogens is 326 g/mol. The lowest BCUT2D eigenvalue weighted by molar-refractivity contribution is 0.379. The lowest BCUT2D eigenvalue weighted by Gasteiger charge is -2.10. The van der Waals surface area contributed by atoms with Gasteiger partial charge in [-0.2, -0.15) is 10.1 Å². The van der Waals surface area contributed by atoms with Crippen molar-refractivity contribution in [2.45, 2.75) is 33.9 Å². The molecule has 0 aromatic carbocycles. The molecule has 0 radical (unpaired) electrons. The number of anilines is 1. The van der Waals surface area contributed by atoms with Crippen LogP contribution in [0.4, 0.5) is 5.69 Å². The fourth-order valence-corrected chi connectivity index (χ4v) is 2.09. The van der Waals surface area contributed by atoms with Crippen LogP contribution in [0, 0.1) is 12.8 Å². The van der Waals surface area contributed by atoms with Crippen molar-refractivity contribution in [2.75, 3.05) is 5.32 Å². The number of hydrogen-bond donors (Lipinski definition) is 1. The third-order valence-corrected chi connectivity index (χ3v) is 3.29. The molecule has 20 heavy (non-hydrogen) atoms. The van der Waals surface area contributed by atoms with Gasteiger partial charge in [0.1, 0.15) is 4.47 Å². The van der Waals surface area contributed by atoms with E-state index in [1.165, 1.54) is 4.68 Å². The molecule has 0 atom stereocenters. The van der Waals surface area contributed by atoms with Crippen molar-refractivity contribution in [1.82, 2.24) is 19.9 Å². The molecule has 108 valence electrons. The first-order chi connectivity index (χ1) is 9.47. The average Bonchev–Trinajstić information content (AvgIpc) is 2.79. The van der Waals surface area contributed by atoms with Crippen LogP contribution in [0.1, 0.15) is 25.6 Å². The van der Waals surface area contributed by atoms with Crippen LogP contribution in [0.2, 0.25) is 0 Å². The van der Waals surface area contributed by atoms with Crippen molar-refractivity contribution in [1.29, 1.82) is 0 Å². The minimum Gasteiger partial charge on any atom is -0.374 e. The Hall–Kier alpha value is -1.70. The molecule has 8 heteroatoms. The third kappa shape index (κ3) is 3.44. The summed E-state index contributed by atoms with van der Waals surface area (Å²) in [6.45, 7) is 6.74. The highest BCUT2D eigenvalue weighted by molar-refractivity contribution is 9.10. The Kier molecular flexibility index (Phi) is 4.53. The highest BCUT2D eigenvalue weighted by Gasteiger charge is 2.11. The minimum atomic E-state index is -0.162. The smallest absolute Gasteiger partial charge is 0.283 e. The number of rotatable bonds is 5. The Morgan fingerprint density at radius 1 is 1.50 bits per heavy atom. The summed E-state index contributed by atoms with van der Waals surface area (Å²) in [7, 11) is 0. The molecule has 0 fully saturated rings. The zero-order chi connectivity index (χ0) is 14.7.